The summed E-state index contributed by atoms with van der Waals surface area (Å²) in [4.78, 5) is 36.4. The monoisotopic (exact) mass is 640 g/mol. The number of carboxylic acids is 1. The number of amides is 2. The Kier molecular flexibility index (Phi) is 11.7. The molecular weight excluding hydrogens is 600 g/mol. The number of carbonyl (C=O) groups is 3. The van der Waals surface area contributed by atoms with Crippen LogP contribution in [-0.2, 0) is 29.0 Å². The standard InChI is InChI=1S/C41H40N2O5/c1-2-3-5-9-29-14-16-31(17-15-29)28-42-39(44)34-24-22-33(23-25-34)32-20-18-30(19-21-32)26-38(43-40(45)41(46)47)35-10-8-13-37(27-35)48-36-11-6-4-7-12-36/h4,6-8,10-25,27,38H,2-3,5,9,26,28H2,1H3,(H,42,44)(H,43,45)(H,46,47). The van der Waals surface area contributed by atoms with E-state index in [1.807, 2.05) is 97.1 Å². The lowest BCUT2D eigenvalue weighted by atomic mass is 9.96. The molecule has 0 aliphatic carbocycles. The number of nitrogens with one attached hydrogen (secondary N) is 2. The highest BCUT2D eigenvalue weighted by Crippen LogP contribution is 2.28. The van der Waals surface area contributed by atoms with Crippen LogP contribution in [-0.4, -0.2) is 22.9 Å². The van der Waals surface area contributed by atoms with Gasteiger partial charge in [-0.3, -0.25) is 9.59 Å². The van der Waals surface area contributed by atoms with Crippen molar-refractivity contribution in [3.05, 3.63) is 155 Å². The molecule has 0 saturated carbocycles. The van der Waals surface area contributed by atoms with Gasteiger partial charge in [0, 0.05) is 12.1 Å². The van der Waals surface area contributed by atoms with E-state index in [0.717, 1.165) is 34.2 Å². The van der Waals surface area contributed by atoms with Gasteiger partial charge in [-0.2, -0.15) is 0 Å². The zero-order valence-corrected chi connectivity index (χ0v) is 27.0. The Bertz CT molecular complexity index is 1800. The molecule has 0 bridgehead atoms. The highest BCUT2D eigenvalue weighted by atomic mass is 16.5. The Labute approximate surface area is 281 Å². The van der Waals surface area contributed by atoms with E-state index in [2.05, 4.69) is 41.8 Å². The van der Waals surface area contributed by atoms with Crippen LogP contribution in [0.4, 0.5) is 0 Å². The Morgan fingerprint density at radius 2 is 1.31 bits per heavy atom. The van der Waals surface area contributed by atoms with E-state index in [1.165, 1.54) is 24.8 Å². The van der Waals surface area contributed by atoms with Crippen molar-refractivity contribution in [3.8, 4) is 22.6 Å². The molecule has 48 heavy (non-hydrogen) atoms. The van der Waals surface area contributed by atoms with Crippen molar-refractivity contribution in [2.24, 2.45) is 0 Å². The molecule has 5 aromatic rings. The van der Waals surface area contributed by atoms with E-state index < -0.39 is 17.9 Å². The van der Waals surface area contributed by atoms with Gasteiger partial charge in [0.05, 0.1) is 6.04 Å². The first-order chi connectivity index (χ1) is 23.4. The molecule has 5 rings (SSSR count). The number of para-hydroxylation sites is 1. The van der Waals surface area contributed by atoms with Crippen molar-refractivity contribution in [1.29, 1.82) is 0 Å². The van der Waals surface area contributed by atoms with Crippen LogP contribution in [0.1, 0.15) is 64.8 Å². The fraction of sp³-hybridized carbons (Fsp3) is 0.195. The van der Waals surface area contributed by atoms with Crippen LogP contribution in [0.3, 0.4) is 0 Å². The predicted molar refractivity (Wildman–Crippen MR) is 188 cm³/mol. The molecule has 0 heterocycles. The van der Waals surface area contributed by atoms with Gasteiger partial charge in [0.1, 0.15) is 11.5 Å². The van der Waals surface area contributed by atoms with Gasteiger partial charge in [-0.05, 0) is 89.0 Å². The normalized spacial score (nSPS) is 11.4. The second-order valence-electron chi connectivity index (χ2n) is 11.8. The molecule has 7 nitrogen and oxygen atoms in total. The average Bonchev–Trinajstić information content (AvgIpc) is 3.12. The van der Waals surface area contributed by atoms with E-state index in [-0.39, 0.29) is 5.91 Å². The van der Waals surface area contributed by atoms with Crippen molar-refractivity contribution >= 4 is 17.8 Å². The summed E-state index contributed by atoms with van der Waals surface area (Å²) >= 11 is 0. The summed E-state index contributed by atoms with van der Waals surface area (Å²) in [5, 5.41) is 14.9. The third-order valence-electron chi connectivity index (χ3n) is 8.16. The van der Waals surface area contributed by atoms with E-state index in [9.17, 15) is 19.5 Å². The zero-order chi connectivity index (χ0) is 33.7. The van der Waals surface area contributed by atoms with Crippen LogP contribution in [0.5, 0.6) is 11.5 Å². The van der Waals surface area contributed by atoms with Crippen molar-refractivity contribution in [2.45, 2.75) is 51.6 Å². The summed E-state index contributed by atoms with van der Waals surface area (Å²) in [5.74, 6) is -1.50. The fourth-order valence-corrected chi connectivity index (χ4v) is 5.46. The van der Waals surface area contributed by atoms with Crippen LogP contribution in [0, 0.1) is 0 Å². The lowest BCUT2D eigenvalue weighted by Gasteiger charge is -2.19. The van der Waals surface area contributed by atoms with Crippen LogP contribution in [0.2, 0.25) is 0 Å². The molecule has 0 aromatic heterocycles. The van der Waals surface area contributed by atoms with Gasteiger partial charge in [-0.1, -0.05) is 111 Å². The van der Waals surface area contributed by atoms with E-state index in [1.54, 1.807) is 6.07 Å². The van der Waals surface area contributed by atoms with Crippen LogP contribution in [0.25, 0.3) is 11.1 Å². The fourth-order valence-electron chi connectivity index (χ4n) is 5.46. The molecule has 0 aliphatic rings. The summed E-state index contributed by atoms with van der Waals surface area (Å²) < 4.78 is 5.96. The maximum absolute atomic E-state index is 12.8. The Balaban J connectivity index is 1.21. The molecule has 5 aromatic carbocycles. The van der Waals surface area contributed by atoms with Crippen molar-refractivity contribution in [2.75, 3.05) is 0 Å². The number of aliphatic carboxylic acids is 1. The van der Waals surface area contributed by atoms with E-state index in [4.69, 9.17) is 4.74 Å². The van der Waals surface area contributed by atoms with Crippen LogP contribution >= 0.6 is 0 Å². The number of carbonyl (C=O) groups excluding carboxylic acids is 2. The topological polar surface area (TPSA) is 105 Å². The quantitative estimate of drug-likeness (QED) is 0.0837. The molecule has 0 radical (unpaired) electrons. The third kappa shape index (κ3) is 9.66. The van der Waals surface area contributed by atoms with Gasteiger partial charge in [0.2, 0.25) is 0 Å². The predicted octanol–water partition coefficient (Wildman–Crippen LogP) is 8.29. The van der Waals surface area contributed by atoms with Crippen molar-refractivity contribution in [1.82, 2.24) is 10.6 Å². The largest absolute Gasteiger partial charge is 0.474 e. The number of aryl methyl sites for hydroxylation is 1. The Morgan fingerprint density at radius 1 is 0.688 bits per heavy atom. The first kappa shape index (κ1) is 33.7. The van der Waals surface area contributed by atoms with Crippen molar-refractivity contribution in [3.63, 3.8) is 0 Å². The van der Waals surface area contributed by atoms with Crippen LogP contribution < -0.4 is 15.4 Å². The molecule has 2 amide bonds. The lowest BCUT2D eigenvalue weighted by molar-refractivity contribution is -0.150. The maximum Gasteiger partial charge on any atom is 0.394 e. The third-order valence-corrected chi connectivity index (χ3v) is 8.16. The molecule has 0 saturated heterocycles. The maximum atomic E-state index is 12.8. The first-order valence-corrected chi connectivity index (χ1v) is 16.3. The highest BCUT2D eigenvalue weighted by molar-refractivity contribution is 6.31. The van der Waals surface area contributed by atoms with E-state index in [0.29, 0.717) is 30.0 Å². The van der Waals surface area contributed by atoms with Gasteiger partial charge < -0.3 is 20.5 Å². The summed E-state index contributed by atoms with van der Waals surface area (Å²) in [7, 11) is 0. The minimum atomic E-state index is -1.55. The minimum absolute atomic E-state index is 0.128. The number of hydrogen-bond donors (Lipinski definition) is 3. The average molecular weight is 641 g/mol. The number of rotatable bonds is 14. The summed E-state index contributed by atoms with van der Waals surface area (Å²) in [6, 6.07) is 39.8. The molecule has 0 aliphatic heterocycles. The summed E-state index contributed by atoms with van der Waals surface area (Å²) in [5.41, 5.74) is 6.53. The molecule has 244 valence electrons. The molecule has 7 heteroatoms. The highest BCUT2D eigenvalue weighted by Gasteiger charge is 2.20. The van der Waals surface area contributed by atoms with Gasteiger partial charge in [-0.15, -0.1) is 0 Å². The molecule has 3 N–H and O–H groups in total. The number of ether oxygens (including phenoxy) is 1. The number of hydrogen-bond acceptors (Lipinski definition) is 4. The van der Waals surface area contributed by atoms with Gasteiger partial charge in [0.25, 0.3) is 5.91 Å². The number of unbranched alkanes of at least 4 members (excludes halogenated alkanes) is 2. The number of carboxylic acid groups (broad SMARTS) is 1. The SMILES string of the molecule is CCCCCc1ccc(CNC(=O)c2ccc(-c3ccc(CC(NC(=O)C(=O)O)c4cccc(Oc5ccccc5)c4)cc3)cc2)cc1. The van der Waals surface area contributed by atoms with E-state index >= 15 is 0 Å². The Morgan fingerprint density at radius 3 is 1.98 bits per heavy atom. The zero-order valence-electron chi connectivity index (χ0n) is 27.0. The Hall–Kier alpha value is -5.69. The van der Waals surface area contributed by atoms with Gasteiger partial charge in [0.15, 0.2) is 0 Å². The molecule has 1 atom stereocenters. The summed E-state index contributed by atoms with van der Waals surface area (Å²) in [6.45, 7) is 2.67. The van der Waals surface area contributed by atoms with Gasteiger partial charge >= 0.3 is 11.9 Å². The van der Waals surface area contributed by atoms with Crippen molar-refractivity contribution < 1.29 is 24.2 Å². The summed E-state index contributed by atoms with van der Waals surface area (Å²) in [6.07, 6.45) is 5.10. The molecular formula is C41H40N2O5. The lowest BCUT2D eigenvalue weighted by Crippen LogP contribution is -2.35. The second-order valence-corrected chi connectivity index (χ2v) is 11.8. The van der Waals surface area contributed by atoms with Gasteiger partial charge in [-0.25, -0.2) is 4.79 Å². The molecule has 0 spiro atoms. The number of benzene rings is 5. The second kappa shape index (κ2) is 16.7. The molecule has 1 unspecified atom stereocenters. The smallest absolute Gasteiger partial charge is 0.394 e. The minimum Gasteiger partial charge on any atom is -0.474 e. The van der Waals surface area contributed by atoms with Crippen LogP contribution in [0.15, 0.2) is 127 Å². The first-order valence-electron chi connectivity index (χ1n) is 16.3. The molecule has 0 fully saturated rings.